The van der Waals surface area contributed by atoms with Crippen molar-refractivity contribution in [3.8, 4) is 5.75 Å². The minimum atomic E-state index is -0.141. The van der Waals surface area contributed by atoms with Gasteiger partial charge < -0.3 is 20.1 Å². The fourth-order valence-corrected chi connectivity index (χ4v) is 2.21. The van der Waals surface area contributed by atoms with Crippen LogP contribution < -0.4 is 10.1 Å². The molecule has 1 aliphatic heterocycles. The highest BCUT2D eigenvalue weighted by atomic mass is 16.5. The first kappa shape index (κ1) is 12.7. The number of amides is 2. The molecule has 0 spiro atoms. The summed E-state index contributed by atoms with van der Waals surface area (Å²) in [6.07, 6.45) is 0. The highest BCUT2D eigenvalue weighted by Crippen LogP contribution is 2.29. The van der Waals surface area contributed by atoms with Crippen LogP contribution in [-0.4, -0.2) is 42.8 Å². The first-order valence-corrected chi connectivity index (χ1v) is 5.96. The summed E-state index contributed by atoms with van der Waals surface area (Å²) in [7, 11) is 1.62. The molecular weight excluding hydrogens is 232 g/mol. The first-order valence-electron chi connectivity index (χ1n) is 5.96. The van der Waals surface area contributed by atoms with Gasteiger partial charge in [-0.1, -0.05) is 17.7 Å². The van der Waals surface area contributed by atoms with Crippen LogP contribution >= 0.6 is 0 Å². The number of carbonyl (C=O) groups is 1. The second-order valence-electron chi connectivity index (χ2n) is 4.42. The van der Waals surface area contributed by atoms with E-state index < -0.39 is 0 Å². The number of nitrogens with zero attached hydrogens (tertiary/aromatic N) is 1. The molecule has 2 N–H and O–H groups in total. The maximum atomic E-state index is 11.7. The van der Waals surface area contributed by atoms with Gasteiger partial charge in [-0.2, -0.15) is 0 Å². The van der Waals surface area contributed by atoms with E-state index in [1.165, 1.54) is 0 Å². The van der Waals surface area contributed by atoms with Gasteiger partial charge in [0.25, 0.3) is 0 Å². The average molecular weight is 250 g/mol. The van der Waals surface area contributed by atoms with Gasteiger partial charge in [-0.3, -0.25) is 0 Å². The highest BCUT2D eigenvalue weighted by Gasteiger charge is 2.30. The SMILES string of the molecule is COc1ccc(C)cc1C1CN(CCO)C(=O)N1. The number of methoxy groups -OCH3 is 1. The number of aliphatic hydroxyl groups excluding tert-OH is 1. The molecule has 5 nitrogen and oxygen atoms in total. The van der Waals surface area contributed by atoms with Gasteiger partial charge >= 0.3 is 6.03 Å². The Balaban J connectivity index is 2.22. The third-order valence-electron chi connectivity index (χ3n) is 3.12. The number of hydrogen-bond donors (Lipinski definition) is 2. The Morgan fingerprint density at radius 1 is 1.56 bits per heavy atom. The molecule has 1 aromatic rings. The maximum absolute atomic E-state index is 11.7. The van der Waals surface area contributed by atoms with E-state index in [0.29, 0.717) is 13.1 Å². The van der Waals surface area contributed by atoms with Gasteiger partial charge in [-0.25, -0.2) is 4.79 Å². The molecule has 0 aromatic heterocycles. The van der Waals surface area contributed by atoms with Crippen molar-refractivity contribution in [3.05, 3.63) is 29.3 Å². The first-order chi connectivity index (χ1) is 8.65. The number of aryl methyl sites for hydroxylation is 1. The third-order valence-corrected chi connectivity index (χ3v) is 3.12. The number of nitrogens with one attached hydrogen (secondary N) is 1. The largest absolute Gasteiger partial charge is 0.496 e. The van der Waals surface area contributed by atoms with Crippen molar-refractivity contribution >= 4 is 6.03 Å². The van der Waals surface area contributed by atoms with E-state index in [2.05, 4.69) is 5.32 Å². The monoisotopic (exact) mass is 250 g/mol. The summed E-state index contributed by atoms with van der Waals surface area (Å²) in [5.41, 5.74) is 2.10. The maximum Gasteiger partial charge on any atom is 0.318 e. The van der Waals surface area contributed by atoms with Gasteiger partial charge in [-0.15, -0.1) is 0 Å². The Bertz CT molecular complexity index is 448. The highest BCUT2D eigenvalue weighted by molar-refractivity contribution is 5.77. The van der Waals surface area contributed by atoms with Crippen molar-refractivity contribution in [1.29, 1.82) is 0 Å². The molecule has 98 valence electrons. The molecule has 18 heavy (non-hydrogen) atoms. The molecular formula is C13H18N2O3. The van der Waals surface area contributed by atoms with Gasteiger partial charge in [0.1, 0.15) is 5.75 Å². The quantitative estimate of drug-likeness (QED) is 0.840. The summed E-state index contributed by atoms with van der Waals surface area (Å²) in [6.45, 7) is 2.89. The topological polar surface area (TPSA) is 61.8 Å². The van der Waals surface area contributed by atoms with Crippen LogP contribution in [0.4, 0.5) is 4.79 Å². The van der Waals surface area contributed by atoms with Crippen molar-refractivity contribution in [3.63, 3.8) is 0 Å². The zero-order valence-electron chi connectivity index (χ0n) is 10.6. The standard InChI is InChI=1S/C13H18N2O3/c1-9-3-4-12(18-2)10(7-9)11-8-15(5-6-16)13(17)14-11/h3-4,7,11,16H,5-6,8H2,1-2H3,(H,14,17). The molecule has 0 radical (unpaired) electrons. The van der Waals surface area contributed by atoms with E-state index >= 15 is 0 Å². The Hall–Kier alpha value is -1.75. The number of aliphatic hydroxyl groups is 1. The van der Waals surface area contributed by atoms with Gasteiger partial charge in [-0.05, 0) is 13.0 Å². The molecule has 2 rings (SSSR count). The van der Waals surface area contributed by atoms with Crippen LogP contribution in [0.1, 0.15) is 17.2 Å². The van der Waals surface area contributed by atoms with E-state index in [1.54, 1.807) is 12.0 Å². The van der Waals surface area contributed by atoms with Crippen molar-refractivity contribution < 1.29 is 14.6 Å². The summed E-state index contributed by atoms with van der Waals surface area (Å²) in [4.78, 5) is 13.3. The van der Waals surface area contributed by atoms with E-state index in [-0.39, 0.29) is 18.7 Å². The van der Waals surface area contributed by atoms with Crippen LogP contribution in [0.3, 0.4) is 0 Å². The number of carbonyl (C=O) groups excluding carboxylic acids is 1. The average Bonchev–Trinajstić information content (AvgIpc) is 2.71. The number of hydrogen-bond acceptors (Lipinski definition) is 3. The molecule has 0 saturated carbocycles. The fourth-order valence-electron chi connectivity index (χ4n) is 2.21. The molecule has 5 heteroatoms. The second kappa shape index (κ2) is 5.27. The lowest BCUT2D eigenvalue weighted by molar-refractivity contribution is 0.196. The van der Waals surface area contributed by atoms with Gasteiger partial charge in [0.05, 0.1) is 19.8 Å². The van der Waals surface area contributed by atoms with Crippen LogP contribution in [-0.2, 0) is 0 Å². The number of urea groups is 1. The van der Waals surface area contributed by atoms with Crippen LogP contribution in [0, 0.1) is 6.92 Å². The van der Waals surface area contributed by atoms with Crippen LogP contribution in [0.2, 0.25) is 0 Å². The molecule has 0 bridgehead atoms. The molecule has 1 atom stereocenters. The zero-order chi connectivity index (χ0) is 13.1. The lowest BCUT2D eigenvalue weighted by Crippen LogP contribution is -2.30. The van der Waals surface area contributed by atoms with E-state index in [0.717, 1.165) is 16.9 Å². The molecule has 0 aliphatic carbocycles. The van der Waals surface area contributed by atoms with Crippen LogP contribution in [0.15, 0.2) is 18.2 Å². The normalized spacial score (nSPS) is 18.9. The van der Waals surface area contributed by atoms with Gasteiger partial charge in [0.15, 0.2) is 0 Å². The number of β-amino-alcohol motifs (C(OH)–C–C–N with tert-alkyl or cyclic N) is 1. The third kappa shape index (κ3) is 2.41. The summed E-state index contributed by atoms with van der Waals surface area (Å²) >= 11 is 0. The predicted octanol–water partition coefficient (Wildman–Crippen LogP) is 1.06. The number of rotatable bonds is 4. The number of ether oxygens (including phenoxy) is 1. The Morgan fingerprint density at radius 2 is 2.33 bits per heavy atom. The van der Waals surface area contributed by atoms with Gasteiger partial charge in [0.2, 0.25) is 0 Å². The lowest BCUT2D eigenvalue weighted by Gasteiger charge is -2.15. The minimum absolute atomic E-state index is 0.0227. The zero-order valence-corrected chi connectivity index (χ0v) is 10.6. The summed E-state index contributed by atoms with van der Waals surface area (Å²) in [6, 6.07) is 5.68. The molecule has 1 unspecified atom stereocenters. The predicted molar refractivity (Wildman–Crippen MR) is 67.7 cm³/mol. The summed E-state index contributed by atoms with van der Waals surface area (Å²) in [5, 5.41) is 11.8. The minimum Gasteiger partial charge on any atom is -0.496 e. The van der Waals surface area contributed by atoms with Crippen molar-refractivity contribution in [2.24, 2.45) is 0 Å². The van der Waals surface area contributed by atoms with E-state index in [9.17, 15) is 4.79 Å². The Labute approximate surface area is 106 Å². The molecule has 1 saturated heterocycles. The Morgan fingerprint density at radius 3 is 3.00 bits per heavy atom. The van der Waals surface area contributed by atoms with Crippen LogP contribution in [0.25, 0.3) is 0 Å². The molecule has 1 aliphatic rings. The van der Waals surface area contributed by atoms with E-state index in [4.69, 9.17) is 9.84 Å². The number of benzene rings is 1. The molecule has 1 aromatic carbocycles. The summed E-state index contributed by atoms with van der Waals surface area (Å²) < 4.78 is 5.32. The lowest BCUT2D eigenvalue weighted by atomic mass is 10.0. The summed E-state index contributed by atoms with van der Waals surface area (Å²) in [5.74, 6) is 0.775. The molecule has 2 amide bonds. The van der Waals surface area contributed by atoms with E-state index in [1.807, 2.05) is 25.1 Å². The second-order valence-corrected chi connectivity index (χ2v) is 4.42. The van der Waals surface area contributed by atoms with Gasteiger partial charge in [0, 0.05) is 18.7 Å². The van der Waals surface area contributed by atoms with Crippen molar-refractivity contribution in [2.75, 3.05) is 26.8 Å². The van der Waals surface area contributed by atoms with Crippen molar-refractivity contribution in [1.82, 2.24) is 10.2 Å². The molecule has 1 fully saturated rings. The molecule has 1 heterocycles. The van der Waals surface area contributed by atoms with Crippen LogP contribution in [0.5, 0.6) is 5.75 Å². The van der Waals surface area contributed by atoms with Crippen molar-refractivity contribution in [2.45, 2.75) is 13.0 Å². The fraction of sp³-hybridized carbons (Fsp3) is 0.462. The smallest absolute Gasteiger partial charge is 0.318 e. The Kier molecular flexibility index (Phi) is 3.72.